The molecule has 4 rings (SSSR count). The predicted molar refractivity (Wildman–Crippen MR) is 140 cm³/mol. The van der Waals surface area contributed by atoms with Crippen molar-refractivity contribution in [3.63, 3.8) is 0 Å². The molecule has 34 heavy (non-hydrogen) atoms. The van der Waals surface area contributed by atoms with Crippen LogP contribution in [-0.4, -0.2) is 37.3 Å². The summed E-state index contributed by atoms with van der Waals surface area (Å²) < 4.78 is 0.829. The number of benzene rings is 2. The number of hydrogen-bond acceptors (Lipinski definition) is 9. The third-order valence-electron chi connectivity index (χ3n) is 5.33. The average Bonchev–Trinajstić information content (AvgIpc) is 3.25. The molecule has 2 aromatic heterocycles. The van der Waals surface area contributed by atoms with Crippen LogP contribution < -0.4 is 10.6 Å². The average molecular weight is 496 g/mol. The van der Waals surface area contributed by atoms with E-state index in [1.165, 1.54) is 16.9 Å². The van der Waals surface area contributed by atoms with Crippen LogP contribution in [0.15, 0.2) is 59.8 Å². The lowest BCUT2D eigenvalue weighted by molar-refractivity contribution is 0.234. The van der Waals surface area contributed by atoms with Crippen LogP contribution in [0.4, 0.5) is 10.9 Å². The van der Waals surface area contributed by atoms with Crippen molar-refractivity contribution in [2.75, 3.05) is 17.2 Å². The van der Waals surface area contributed by atoms with Gasteiger partial charge in [0.1, 0.15) is 4.70 Å². The van der Waals surface area contributed by atoms with Crippen molar-refractivity contribution in [2.24, 2.45) is 0 Å². The van der Waals surface area contributed by atoms with Crippen molar-refractivity contribution in [3.05, 3.63) is 71.3 Å². The molecule has 4 N–H and O–H groups in total. The van der Waals surface area contributed by atoms with Gasteiger partial charge in [0.05, 0.1) is 24.8 Å². The van der Waals surface area contributed by atoms with Gasteiger partial charge in [0.2, 0.25) is 0 Å². The highest BCUT2D eigenvalue weighted by molar-refractivity contribution is 7.98. The Morgan fingerprint density at radius 1 is 1.00 bits per heavy atom. The maximum atomic E-state index is 9.79. The molecule has 2 aromatic carbocycles. The summed E-state index contributed by atoms with van der Waals surface area (Å²) in [5.74, 6) is 1.41. The van der Waals surface area contributed by atoms with E-state index in [9.17, 15) is 10.2 Å². The first kappa shape index (κ1) is 24.4. The van der Waals surface area contributed by atoms with Crippen LogP contribution in [0.1, 0.15) is 43.5 Å². The van der Waals surface area contributed by atoms with Gasteiger partial charge in [-0.15, -0.1) is 0 Å². The van der Waals surface area contributed by atoms with Gasteiger partial charge in [-0.25, -0.2) is 9.97 Å². The van der Waals surface area contributed by atoms with Gasteiger partial charge in [0.15, 0.2) is 21.8 Å². The summed E-state index contributed by atoms with van der Waals surface area (Å²) in [4.78, 5) is 14.2. The van der Waals surface area contributed by atoms with E-state index in [0.717, 1.165) is 26.7 Å². The topological polar surface area (TPSA) is 103 Å². The van der Waals surface area contributed by atoms with Gasteiger partial charge in [-0.2, -0.15) is 4.98 Å². The van der Waals surface area contributed by atoms with Crippen LogP contribution in [0.2, 0.25) is 0 Å². The second-order valence-electron chi connectivity index (χ2n) is 8.69. The Balaban J connectivity index is 1.64. The van der Waals surface area contributed by atoms with Gasteiger partial charge < -0.3 is 20.8 Å². The molecule has 2 heterocycles. The molecule has 0 aliphatic rings. The number of nitrogens with zero attached hydrogens (tertiary/aromatic N) is 3. The molecule has 0 fully saturated rings. The number of hydrogen-bond donors (Lipinski definition) is 4. The highest BCUT2D eigenvalue weighted by Crippen LogP contribution is 2.35. The molecule has 9 heteroatoms. The lowest BCUT2D eigenvalue weighted by Crippen LogP contribution is -2.35. The number of aliphatic hydroxyl groups is 2. The number of fused-ring (bicyclic) bond motifs is 1. The van der Waals surface area contributed by atoms with E-state index in [0.29, 0.717) is 16.6 Å². The van der Waals surface area contributed by atoms with Gasteiger partial charge in [-0.3, -0.25) is 0 Å². The van der Waals surface area contributed by atoms with Crippen LogP contribution in [0.5, 0.6) is 0 Å². The molecule has 0 aliphatic heterocycles. The molecule has 1 atom stereocenters. The number of anilines is 2. The van der Waals surface area contributed by atoms with Gasteiger partial charge in [0.25, 0.3) is 0 Å². The normalized spacial score (nSPS) is 12.6. The zero-order valence-corrected chi connectivity index (χ0v) is 21.1. The summed E-state index contributed by atoms with van der Waals surface area (Å²) in [6.07, 6.45) is 0. The third kappa shape index (κ3) is 5.85. The lowest BCUT2D eigenvalue weighted by atomic mass is 10.0. The van der Waals surface area contributed by atoms with E-state index in [4.69, 9.17) is 15.0 Å². The number of nitrogens with one attached hydrogen (secondary N) is 2. The molecule has 0 amide bonds. The van der Waals surface area contributed by atoms with Crippen LogP contribution in [0, 0.1) is 0 Å². The standard InChI is InChI=1S/C25H29N5O2S2/c1-16(19-12-8-7-11-18(19)13-31)26-24-28-21-20(34-24)22(30-25(2,3)15-32)29-23(27-21)33-14-17-9-5-4-6-10-17/h4-12,16,31-32H,13-15H2,1-3H3,(H2,26,27,28,29,30)/t16-/m1/s1. The van der Waals surface area contributed by atoms with E-state index < -0.39 is 5.54 Å². The molecular formula is C25H29N5O2S2. The van der Waals surface area contributed by atoms with Crippen molar-refractivity contribution < 1.29 is 10.2 Å². The van der Waals surface area contributed by atoms with E-state index in [1.54, 1.807) is 11.8 Å². The highest BCUT2D eigenvalue weighted by atomic mass is 32.2. The number of aromatic nitrogens is 3. The van der Waals surface area contributed by atoms with Gasteiger partial charge in [-0.1, -0.05) is 77.7 Å². The second-order valence-corrected chi connectivity index (χ2v) is 10.6. The first-order valence-electron chi connectivity index (χ1n) is 11.1. The fourth-order valence-corrected chi connectivity index (χ4v) is 5.19. The zero-order chi connectivity index (χ0) is 24.1. The SMILES string of the molecule is C[C@@H](Nc1nc2nc(SCc3ccccc3)nc(NC(C)(C)CO)c2s1)c1ccccc1CO. The Kier molecular flexibility index (Phi) is 7.67. The minimum atomic E-state index is -0.548. The largest absolute Gasteiger partial charge is 0.394 e. The van der Waals surface area contributed by atoms with Crippen molar-refractivity contribution in [2.45, 2.75) is 49.9 Å². The fraction of sp³-hybridized carbons (Fsp3) is 0.320. The summed E-state index contributed by atoms with van der Waals surface area (Å²) in [6.45, 7) is 5.84. The molecule has 7 nitrogen and oxygen atoms in total. The molecule has 0 saturated carbocycles. The van der Waals surface area contributed by atoms with Gasteiger partial charge in [-0.05, 0) is 37.5 Å². The molecule has 0 bridgehead atoms. The van der Waals surface area contributed by atoms with E-state index in [1.807, 2.05) is 63.2 Å². The Morgan fingerprint density at radius 3 is 2.47 bits per heavy atom. The minimum absolute atomic E-state index is 0.0141. The van der Waals surface area contributed by atoms with Crippen molar-refractivity contribution in [3.8, 4) is 0 Å². The maximum Gasteiger partial charge on any atom is 0.191 e. The number of thiazole rings is 1. The third-order valence-corrected chi connectivity index (χ3v) is 7.23. The first-order chi connectivity index (χ1) is 16.4. The number of rotatable bonds is 10. The van der Waals surface area contributed by atoms with Crippen LogP contribution >= 0.6 is 23.1 Å². The maximum absolute atomic E-state index is 9.79. The first-order valence-corrected chi connectivity index (χ1v) is 12.9. The lowest BCUT2D eigenvalue weighted by Gasteiger charge is -2.24. The van der Waals surface area contributed by atoms with Crippen molar-refractivity contribution in [1.29, 1.82) is 0 Å². The Hall–Kier alpha value is -2.72. The summed E-state index contributed by atoms with van der Waals surface area (Å²) in [5, 5.41) is 27.6. The van der Waals surface area contributed by atoms with Crippen LogP contribution in [0.3, 0.4) is 0 Å². The molecule has 178 valence electrons. The van der Waals surface area contributed by atoms with Gasteiger partial charge in [0, 0.05) is 5.75 Å². The van der Waals surface area contributed by atoms with Crippen molar-refractivity contribution in [1.82, 2.24) is 15.0 Å². The summed E-state index contributed by atoms with van der Waals surface area (Å²) in [5.41, 5.74) is 3.16. The highest BCUT2D eigenvalue weighted by Gasteiger charge is 2.22. The molecular weight excluding hydrogens is 466 g/mol. The van der Waals surface area contributed by atoms with Crippen LogP contribution in [0.25, 0.3) is 10.3 Å². The Labute approximate surface area is 207 Å². The van der Waals surface area contributed by atoms with Crippen LogP contribution in [-0.2, 0) is 12.4 Å². The van der Waals surface area contributed by atoms with E-state index in [-0.39, 0.29) is 19.3 Å². The molecule has 4 aromatic rings. The molecule has 0 aliphatic carbocycles. The smallest absolute Gasteiger partial charge is 0.191 e. The quantitative estimate of drug-likeness (QED) is 0.175. The predicted octanol–water partition coefficient (Wildman–Crippen LogP) is 5.23. The van der Waals surface area contributed by atoms with Gasteiger partial charge >= 0.3 is 0 Å². The monoisotopic (exact) mass is 495 g/mol. The number of aliphatic hydroxyl groups excluding tert-OH is 2. The molecule has 0 spiro atoms. The Bertz CT molecular complexity index is 1250. The Morgan fingerprint density at radius 2 is 1.74 bits per heavy atom. The summed E-state index contributed by atoms with van der Waals surface area (Å²) in [6, 6.07) is 18.0. The zero-order valence-electron chi connectivity index (χ0n) is 19.4. The molecule has 0 radical (unpaired) electrons. The summed E-state index contributed by atoms with van der Waals surface area (Å²) in [7, 11) is 0. The van der Waals surface area contributed by atoms with E-state index in [2.05, 4.69) is 22.8 Å². The second kappa shape index (κ2) is 10.7. The fourth-order valence-electron chi connectivity index (χ4n) is 3.46. The molecule has 0 saturated heterocycles. The summed E-state index contributed by atoms with van der Waals surface area (Å²) >= 11 is 3.02. The number of thioether (sulfide) groups is 1. The molecule has 0 unspecified atom stereocenters. The van der Waals surface area contributed by atoms with Crippen molar-refractivity contribution >= 4 is 44.4 Å². The van der Waals surface area contributed by atoms with E-state index >= 15 is 0 Å². The minimum Gasteiger partial charge on any atom is -0.394 e.